The van der Waals surface area contributed by atoms with E-state index in [1.54, 1.807) is 12.1 Å². The van der Waals surface area contributed by atoms with Gasteiger partial charge in [-0.2, -0.15) is 5.10 Å². The van der Waals surface area contributed by atoms with Crippen LogP contribution >= 0.6 is 0 Å². The van der Waals surface area contributed by atoms with Crippen molar-refractivity contribution in [1.82, 2.24) is 5.32 Å². The summed E-state index contributed by atoms with van der Waals surface area (Å²) in [7, 11) is 0. The van der Waals surface area contributed by atoms with Crippen LogP contribution in [0.25, 0.3) is 0 Å². The number of fused-ring (bicyclic) bond motifs is 1. The molecule has 7 heteroatoms. The van der Waals surface area contributed by atoms with E-state index >= 15 is 0 Å². The van der Waals surface area contributed by atoms with Crippen LogP contribution in [0.15, 0.2) is 53.6 Å². The average Bonchev–Trinajstić information content (AvgIpc) is 2.77. The molecular formula is C23H25N3O4. The molecular weight excluding hydrogens is 382 g/mol. The normalized spacial score (nSPS) is 16.8. The summed E-state index contributed by atoms with van der Waals surface area (Å²) in [4.78, 5) is 25.3. The first kappa shape index (κ1) is 19.9. The average molecular weight is 407 g/mol. The summed E-state index contributed by atoms with van der Waals surface area (Å²) in [6.07, 6.45) is 0.567. The van der Waals surface area contributed by atoms with Gasteiger partial charge >= 0.3 is 0 Å². The first-order chi connectivity index (χ1) is 14.5. The van der Waals surface area contributed by atoms with Gasteiger partial charge in [-0.15, -0.1) is 0 Å². The highest BCUT2D eigenvalue weighted by atomic mass is 16.6. The number of hydrogen-bond donors (Lipinski definition) is 1. The zero-order chi connectivity index (χ0) is 21.1. The van der Waals surface area contributed by atoms with Crippen LogP contribution in [-0.2, 0) is 9.59 Å². The van der Waals surface area contributed by atoms with Crippen molar-refractivity contribution in [3.8, 4) is 11.5 Å². The molecule has 2 aliphatic rings. The Bertz CT molecular complexity index is 972. The Hall–Kier alpha value is -3.35. The molecule has 2 aliphatic heterocycles. The lowest BCUT2D eigenvalue weighted by Gasteiger charge is -2.27. The summed E-state index contributed by atoms with van der Waals surface area (Å²) < 4.78 is 11.3. The maximum Gasteiger partial charge on any atom is 0.268 e. The van der Waals surface area contributed by atoms with E-state index in [1.165, 1.54) is 5.01 Å². The van der Waals surface area contributed by atoms with Crippen LogP contribution in [0.2, 0.25) is 0 Å². The van der Waals surface area contributed by atoms with Gasteiger partial charge in [0, 0.05) is 12.8 Å². The lowest BCUT2D eigenvalue weighted by atomic mass is 9.95. The van der Waals surface area contributed by atoms with Crippen LogP contribution in [0.4, 0.5) is 5.69 Å². The molecule has 0 fully saturated rings. The largest absolute Gasteiger partial charge is 0.486 e. The third-order valence-electron chi connectivity index (χ3n) is 5.17. The molecule has 0 saturated heterocycles. The number of para-hydroxylation sites is 1. The quantitative estimate of drug-likeness (QED) is 0.823. The van der Waals surface area contributed by atoms with Gasteiger partial charge in [-0.05, 0) is 35.7 Å². The zero-order valence-corrected chi connectivity index (χ0v) is 17.1. The van der Waals surface area contributed by atoms with E-state index < -0.39 is 0 Å². The molecule has 1 N–H and O–H groups in total. The summed E-state index contributed by atoms with van der Waals surface area (Å²) in [5.74, 6) is 1.16. The third kappa shape index (κ3) is 4.15. The van der Waals surface area contributed by atoms with Gasteiger partial charge in [-0.3, -0.25) is 9.59 Å². The van der Waals surface area contributed by atoms with Crippen molar-refractivity contribution >= 4 is 23.2 Å². The number of nitrogens with one attached hydrogen (secondary N) is 1. The number of nitrogens with zero attached hydrogens (tertiary/aromatic N) is 2. The Kier molecular flexibility index (Phi) is 5.70. The number of ether oxygens (including phenoxy) is 2. The second kappa shape index (κ2) is 8.57. The van der Waals surface area contributed by atoms with E-state index in [4.69, 9.17) is 9.47 Å². The Morgan fingerprint density at radius 1 is 1.03 bits per heavy atom. The van der Waals surface area contributed by atoms with Crippen LogP contribution in [-0.4, -0.2) is 30.7 Å². The van der Waals surface area contributed by atoms with Crippen LogP contribution in [0.5, 0.6) is 11.5 Å². The number of benzene rings is 2. The molecule has 7 nitrogen and oxygen atoms in total. The van der Waals surface area contributed by atoms with E-state index in [2.05, 4.69) is 10.4 Å². The third-order valence-corrected chi connectivity index (χ3v) is 5.17. The van der Waals surface area contributed by atoms with Crippen molar-refractivity contribution in [2.75, 3.05) is 18.2 Å². The van der Waals surface area contributed by atoms with Crippen molar-refractivity contribution in [1.29, 1.82) is 0 Å². The number of amides is 2. The predicted molar refractivity (Wildman–Crippen MR) is 114 cm³/mol. The van der Waals surface area contributed by atoms with E-state index in [1.807, 2.05) is 50.2 Å². The number of hydrogen-bond acceptors (Lipinski definition) is 5. The van der Waals surface area contributed by atoms with Gasteiger partial charge < -0.3 is 14.8 Å². The molecule has 1 atom stereocenters. The van der Waals surface area contributed by atoms with Gasteiger partial charge in [0.2, 0.25) is 5.91 Å². The molecule has 30 heavy (non-hydrogen) atoms. The monoisotopic (exact) mass is 407 g/mol. The number of carbonyl (C=O) groups is 2. The first-order valence-corrected chi connectivity index (χ1v) is 10.2. The molecule has 2 heterocycles. The number of hydrazone groups is 1. The lowest BCUT2D eigenvalue weighted by molar-refractivity contribution is -0.119. The molecule has 2 amide bonds. The Labute approximate surface area is 175 Å². The minimum atomic E-state index is -0.267. The van der Waals surface area contributed by atoms with Crippen molar-refractivity contribution < 1.29 is 19.1 Å². The Morgan fingerprint density at radius 2 is 1.77 bits per heavy atom. The fraction of sp³-hybridized carbons (Fsp3) is 0.348. The second-order valence-electron chi connectivity index (χ2n) is 7.69. The molecule has 4 rings (SSSR count). The highest BCUT2D eigenvalue weighted by Gasteiger charge is 2.28. The van der Waals surface area contributed by atoms with E-state index in [0.717, 1.165) is 5.56 Å². The highest BCUT2D eigenvalue weighted by molar-refractivity contribution is 6.40. The molecule has 156 valence electrons. The standard InChI is InChI=1S/C23H25N3O4/c1-15(2)22(16-8-10-19-20(14-16)30-13-12-29-19)24-23(28)18-9-11-21(27)26(25-18)17-6-4-3-5-7-17/h3-8,10,14-15,22H,9,11-13H2,1-2H3,(H,24,28)/t22-/m1/s1. The molecule has 0 radical (unpaired) electrons. The molecule has 0 bridgehead atoms. The first-order valence-electron chi connectivity index (χ1n) is 10.2. The molecule has 0 saturated carbocycles. The van der Waals surface area contributed by atoms with Crippen LogP contribution in [0.3, 0.4) is 0 Å². The Balaban J connectivity index is 1.55. The summed E-state index contributed by atoms with van der Waals surface area (Å²) in [6.45, 7) is 5.14. The van der Waals surface area contributed by atoms with Gasteiger partial charge in [0.15, 0.2) is 11.5 Å². The summed E-state index contributed by atoms with van der Waals surface area (Å²) in [5, 5.41) is 8.76. The smallest absolute Gasteiger partial charge is 0.268 e. The van der Waals surface area contributed by atoms with Gasteiger partial charge in [0.05, 0.1) is 11.7 Å². The zero-order valence-electron chi connectivity index (χ0n) is 17.1. The maximum absolute atomic E-state index is 13.0. The van der Waals surface area contributed by atoms with Crippen LogP contribution < -0.4 is 19.8 Å². The topological polar surface area (TPSA) is 80.2 Å². The van der Waals surface area contributed by atoms with Crippen LogP contribution in [0.1, 0.15) is 38.3 Å². The fourth-order valence-electron chi connectivity index (χ4n) is 3.60. The SMILES string of the molecule is CC(C)[C@@H](NC(=O)C1=NN(c2ccccc2)C(=O)CC1)c1ccc2c(c1)OCCO2. The van der Waals surface area contributed by atoms with Crippen molar-refractivity contribution in [2.24, 2.45) is 11.0 Å². The lowest BCUT2D eigenvalue weighted by Crippen LogP contribution is -2.41. The number of carbonyl (C=O) groups excluding carboxylic acids is 2. The molecule has 0 unspecified atom stereocenters. The van der Waals surface area contributed by atoms with Crippen molar-refractivity contribution in [3.05, 3.63) is 54.1 Å². The fourth-order valence-corrected chi connectivity index (χ4v) is 3.60. The molecule has 2 aromatic carbocycles. The van der Waals surface area contributed by atoms with Crippen molar-refractivity contribution in [2.45, 2.75) is 32.7 Å². The summed E-state index contributed by atoms with van der Waals surface area (Å²) in [6, 6.07) is 14.7. The molecule has 0 spiro atoms. The maximum atomic E-state index is 13.0. The predicted octanol–water partition coefficient (Wildman–Crippen LogP) is 3.45. The minimum absolute atomic E-state index is 0.120. The highest BCUT2D eigenvalue weighted by Crippen LogP contribution is 2.34. The van der Waals surface area contributed by atoms with E-state index in [9.17, 15) is 9.59 Å². The second-order valence-corrected chi connectivity index (χ2v) is 7.69. The van der Waals surface area contributed by atoms with Gasteiger partial charge in [-0.25, -0.2) is 5.01 Å². The van der Waals surface area contributed by atoms with Gasteiger partial charge in [0.25, 0.3) is 5.91 Å². The summed E-state index contributed by atoms with van der Waals surface area (Å²) >= 11 is 0. The van der Waals surface area contributed by atoms with Crippen molar-refractivity contribution in [3.63, 3.8) is 0 Å². The summed E-state index contributed by atoms with van der Waals surface area (Å²) in [5.41, 5.74) is 1.94. The van der Waals surface area contributed by atoms with E-state index in [-0.39, 0.29) is 30.2 Å². The molecule has 0 aromatic heterocycles. The number of rotatable bonds is 5. The van der Waals surface area contributed by atoms with Gasteiger partial charge in [-0.1, -0.05) is 38.1 Å². The molecule has 0 aliphatic carbocycles. The minimum Gasteiger partial charge on any atom is -0.486 e. The Morgan fingerprint density at radius 3 is 2.50 bits per heavy atom. The van der Waals surface area contributed by atoms with Crippen LogP contribution in [0, 0.1) is 5.92 Å². The number of anilines is 1. The van der Waals surface area contributed by atoms with E-state index in [0.29, 0.717) is 42.5 Å². The molecule has 2 aromatic rings. The van der Waals surface area contributed by atoms with Gasteiger partial charge in [0.1, 0.15) is 18.9 Å².